The molecular weight excluding hydrogens is 348 g/mol. The van der Waals surface area contributed by atoms with Crippen molar-refractivity contribution in [1.29, 1.82) is 0 Å². The van der Waals surface area contributed by atoms with E-state index in [1.165, 1.54) is 12.3 Å². The Morgan fingerprint density at radius 2 is 1.96 bits per heavy atom. The number of methoxy groups -OCH3 is 2. The third-order valence-electron chi connectivity index (χ3n) is 3.65. The van der Waals surface area contributed by atoms with E-state index in [4.69, 9.17) is 14.2 Å². The quantitative estimate of drug-likeness (QED) is 0.668. The van der Waals surface area contributed by atoms with E-state index in [2.05, 4.69) is 26.8 Å². The fraction of sp³-hybridized carbons (Fsp3) is 0.158. The molecule has 0 saturated carbocycles. The van der Waals surface area contributed by atoms with Crippen LogP contribution in [0.4, 0.5) is 10.6 Å². The molecule has 8 nitrogen and oxygen atoms in total. The summed E-state index contributed by atoms with van der Waals surface area (Å²) in [6, 6.07) is 9.15. The number of nitrogens with one attached hydrogen (secondary N) is 1. The number of fused-ring (bicyclic) bond motifs is 1. The van der Waals surface area contributed by atoms with Crippen molar-refractivity contribution >= 4 is 23.1 Å². The van der Waals surface area contributed by atoms with Crippen LogP contribution in [0.5, 0.6) is 11.5 Å². The van der Waals surface area contributed by atoms with Crippen LogP contribution in [0.15, 0.2) is 49.2 Å². The van der Waals surface area contributed by atoms with Crippen molar-refractivity contribution in [3.05, 3.63) is 49.2 Å². The Kier molecular flexibility index (Phi) is 5.46. The van der Waals surface area contributed by atoms with Gasteiger partial charge in [0.1, 0.15) is 12.1 Å². The van der Waals surface area contributed by atoms with Crippen LogP contribution in [0.1, 0.15) is 0 Å². The van der Waals surface area contributed by atoms with Gasteiger partial charge in [-0.2, -0.15) is 0 Å². The molecule has 0 fully saturated rings. The summed E-state index contributed by atoms with van der Waals surface area (Å²) in [5, 5.41) is 2.50. The molecule has 0 bridgehead atoms. The van der Waals surface area contributed by atoms with Gasteiger partial charge in [0.05, 0.1) is 26.1 Å². The Morgan fingerprint density at radius 3 is 2.70 bits per heavy atom. The van der Waals surface area contributed by atoms with Gasteiger partial charge in [-0.3, -0.25) is 5.32 Å². The van der Waals surface area contributed by atoms with Gasteiger partial charge in [0.2, 0.25) is 0 Å². The van der Waals surface area contributed by atoms with E-state index in [1.54, 1.807) is 26.4 Å². The smallest absolute Gasteiger partial charge is 0.413 e. The number of rotatable bonds is 6. The van der Waals surface area contributed by atoms with E-state index < -0.39 is 6.09 Å². The molecule has 1 N–H and O–H groups in total. The van der Waals surface area contributed by atoms with Gasteiger partial charge in [0, 0.05) is 5.56 Å². The second-order valence-electron chi connectivity index (χ2n) is 5.38. The molecule has 2 heterocycles. The first-order valence-corrected chi connectivity index (χ1v) is 8.05. The number of carbonyl (C=O) groups is 1. The van der Waals surface area contributed by atoms with Crippen molar-refractivity contribution < 1.29 is 19.0 Å². The van der Waals surface area contributed by atoms with Crippen LogP contribution >= 0.6 is 0 Å². The SMILES string of the molecule is C=CCOC(=O)Nc1cnc2ccc(-c3ccc(OC)c(OC)c3)nc2n1. The highest BCUT2D eigenvalue weighted by Gasteiger charge is 2.10. The van der Waals surface area contributed by atoms with Crippen molar-refractivity contribution in [3.63, 3.8) is 0 Å². The van der Waals surface area contributed by atoms with Gasteiger partial charge in [-0.15, -0.1) is 0 Å². The van der Waals surface area contributed by atoms with Gasteiger partial charge < -0.3 is 14.2 Å². The molecule has 2 aromatic heterocycles. The number of nitrogens with zero attached hydrogens (tertiary/aromatic N) is 3. The van der Waals surface area contributed by atoms with Crippen LogP contribution in [0.3, 0.4) is 0 Å². The number of hydrogen-bond donors (Lipinski definition) is 1. The third kappa shape index (κ3) is 4.12. The summed E-state index contributed by atoms with van der Waals surface area (Å²) in [5.74, 6) is 1.48. The number of carbonyl (C=O) groups excluding carboxylic acids is 1. The van der Waals surface area contributed by atoms with Crippen molar-refractivity contribution in [2.45, 2.75) is 0 Å². The van der Waals surface area contributed by atoms with E-state index in [-0.39, 0.29) is 12.4 Å². The molecule has 1 amide bonds. The minimum absolute atomic E-state index is 0.106. The number of aromatic nitrogens is 3. The zero-order valence-electron chi connectivity index (χ0n) is 14.9. The lowest BCUT2D eigenvalue weighted by Gasteiger charge is -2.10. The number of amides is 1. The van der Waals surface area contributed by atoms with Gasteiger partial charge in [0.25, 0.3) is 0 Å². The zero-order chi connectivity index (χ0) is 19.2. The predicted octanol–water partition coefficient (Wildman–Crippen LogP) is 3.44. The first-order chi connectivity index (χ1) is 13.1. The molecule has 0 radical (unpaired) electrons. The lowest BCUT2D eigenvalue weighted by molar-refractivity contribution is 0.174. The maximum absolute atomic E-state index is 11.6. The summed E-state index contributed by atoms with van der Waals surface area (Å²) in [6.07, 6.45) is 2.28. The first kappa shape index (κ1) is 18.1. The number of benzene rings is 1. The second kappa shape index (κ2) is 8.13. The average Bonchev–Trinajstić information content (AvgIpc) is 2.71. The maximum Gasteiger partial charge on any atom is 0.413 e. The molecule has 0 aliphatic carbocycles. The van der Waals surface area contributed by atoms with Gasteiger partial charge >= 0.3 is 6.09 Å². The summed E-state index contributed by atoms with van der Waals surface area (Å²) in [5.41, 5.74) is 2.51. The molecule has 138 valence electrons. The van der Waals surface area contributed by atoms with Crippen molar-refractivity contribution in [3.8, 4) is 22.8 Å². The topological polar surface area (TPSA) is 95.5 Å². The molecular formula is C19H18N4O4. The molecule has 0 aliphatic heterocycles. The number of anilines is 1. The molecule has 0 unspecified atom stereocenters. The standard InChI is InChI=1S/C19H18N4O4/c1-4-9-27-19(24)23-17-11-20-14-7-6-13(21-18(14)22-17)12-5-8-15(25-2)16(10-12)26-3/h4-8,10-11H,1,9H2,2-3H3,(H,21,22,23,24). The van der Waals surface area contributed by atoms with Crippen LogP contribution in [-0.2, 0) is 4.74 Å². The van der Waals surface area contributed by atoms with Gasteiger partial charge in [-0.05, 0) is 30.3 Å². The minimum Gasteiger partial charge on any atom is -0.493 e. The Balaban J connectivity index is 1.92. The Bertz CT molecular complexity index is 991. The Morgan fingerprint density at radius 1 is 1.15 bits per heavy atom. The molecule has 0 aliphatic rings. The summed E-state index contributed by atoms with van der Waals surface area (Å²) in [6.45, 7) is 3.59. The molecule has 3 aromatic rings. The summed E-state index contributed by atoms with van der Waals surface area (Å²) >= 11 is 0. The molecule has 0 atom stereocenters. The summed E-state index contributed by atoms with van der Waals surface area (Å²) < 4.78 is 15.4. The predicted molar refractivity (Wildman–Crippen MR) is 101 cm³/mol. The number of hydrogen-bond acceptors (Lipinski definition) is 7. The van der Waals surface area contributed by atoms with E-state index in [1.807, 2.05) is 18.2 Å². The fourth-order valence-corrected chi connectivity index (χ4v) is 2.39. The van der Waals surface area contributed by atoms with E-state index in [0.717, 1.165) is 5.56 Å². The maximum atomic E-state index is 11.6. The highest BCUT2D eigenvalue weighted by molar-refractivity contribution is 5.85. The highest BCUT2D eigenvalue weighted by Crippen LogP contribution is 2.32. The molecule has 1 aromatic carbocycles. The van der Waals surface area contributed by atoms with Crippen molar-refractivity contribution in [1.82, 2.24) is 15.0 Å². The molecule has 3 rings (SSSR count). The lowest BCUT2D eigenvalue weighted by atomic mass is 10.1. The minimum atomic E-state index is -0.639. The molecule has 0 spiro atoms. The van der Waals surface area contributed by atoms with Gasteiger partial charge in [-0.1, -0.05) is 12.7 Å². The second-order valence-corrected chi connectivity index (χ2v) is 5.38. The summed E-state index contributed by atoms with van der Waals surface area (Å²) in [4.78, 5) is 24.7. The van der Waals surface area contributed by atoms with Gasteiger partial charge in [0.15, 0.2) is 23.0 Å². The van der Waals surface area contributed by atoms with E-state index in [9.17, 15) is 4.79 Å². The highest BCUT2D eigenvalue weighted by atomic mass is 16.5. The first-order valence-electron chi connectivity index (χ1n) is 8.05. The zero-order valence-corrected chi connectivity index (χ0v) is 14.9. The third-order valence-corrected chi connectivity index (χ3v) is 3.65. The normalized spacial score (nSPS) is 10.3. The van der Waals surface area contributed by atoms with E-state index >= 15 is 0 Å². The largest absolute Gasteiger partial charge is 0.493 e. The van der Waals surface area contributed by atoms with Crippen molar-refractivity contribution in [2.24, 2.45) is 0 Å². The molecule has 0 saturated heterocycles. The Hall–Kier alpha value is -3.68. The van der Waals surface area contributed by atoms with Crippen LogP contribution in [0.25, 0.3) is 22.4 Å². The van der Waals surface area contributed by atoms with Crippen LogP contribution in [0.2, 0.25) is 0 Å². The monoisotopic (exact) mass is 366 g/mol. The Labute approximate surface area is 155 Å². The van der Waals surface area contributed by atoms with E-state index in [0.29, 0.717) is 28.4 Å². The number of pyridine rings is 1. The fourth-order valence-electron chi connectivity index (χ4n) is 2.39. The van der Waals surface area contributed by atoms with Gasteiger partial charge in [-0.25, -0.2) is 19.7 Å². The van der Waals surface area contributed by atoms with Crippen molar-refractivity contribution in [2.75, 3.05) is 26.1 Å². The lowest BCUT2D eigenvalue weighted by Crippen LogP contribution is -2.14. The van der Waals surface area contributed by atoms with Crippen LogP contribution in [-0.4, -0.2) is 41.9 Å². The number of ether oxygens (including phenoxy) is 3. The van der Waals surface area contributed by atoms with Crippen LogP contribution in [0, 0.1) is 0 Å². The molecule has 8 heteroatoms. The summed E-state index contributed by atoms with van der Waals surface area (Å²) in [7, 11) is 3.15. The average molecular weight is 366 g/mol. The van der Waals surface area contributed by atoms with Crippen LogP contribution < -0.4 is 14.8 Å². The molecule has 27 heavy (non-hydrogen) atoms.